The smallest absolute Gasteiger partial charge is 0.312 e. The van der Waals surface area contributed by atoms with Gasteiger partial charge in [-0.15, -0.1) is 0 Å². The first-order chi connectivity index (χ1) is 12.4. The molecule has 0 N–H and O–H groups in total. The molecule has 0 saturated carbocycles. The molecule has 136 valence electrons. The number of esters is 1. The van der Waals surface area contributed by atoms with E-state index in [2.05, 4.69) is 9.97 Å². The van der Waals surface area contributed by atoms with E-state index < -0.39 is 11.5 Å². The van der Waals surface area contributed by atoms with Gasteiger partial charge in [-0.05, 0) is 44.5 Å². The quantitative estimate of drug-likeness (QED) is 0.781. The lowest BCUT2D eigenvalue weighted by Crippen LogP contribution is -2.32. The van der Waals surface area contributed by atoms with Crippen LogP contribution in [-0.4, -0.2) is 27.7 Å². The third-order valence-corrected chi connectivity index (χ3v) is 3.90. The number of benzene rings is 1. The van der Waals surface area contributed by atoms with Crippen molar-refractivity contribution in [3.05, 3.63) is 66.2 Å². The monoisotopic (exact) mass is 357 g/mol. The van der Waals surface area contributed by atoms with Crippen molar-refractivity contribution in [3.8, 4) is 0 Å². The van der Waals surface area contributed by atoms with Gasteiger partial charge in [-0.1, -0.05) is 17.2 Å². The second-order valence-electron chi connectivity index (χ2n) is 6.95. The molecule has 1 unspecified atom stereocenters. The molecule has 26 heavy (non-hydrogen) atoms. The van der Waals surface area contributed by atoms with E-state index in [1.165, 1.54) is 23.5 Å². The molecule has 0 radical (unpaired) electrons. The molecule has 0 aliphatic carbocycles. The molecular formula is C19H20FN3O3. The Labute approximate surface area is 151 Å². The van der Waals surface area contributed by atoms with Crippen molar-refractivity contribution in [2.24, 2.45) is 5.41 Å². The highest BCUT2D eigenvalue weighted by Crippen LogP contribution is 2.39. The van der Waals surface area contributed by atoms with Crippen molar-refractivity contribution in [2.75, 3.05) is 6.73 Å². The molecule has 2 heterocycles. The molecule has 1 aromatic heterocycles. The van der Waals surface area contributed by atoms with Crippen LogP contribution in [0.25, 0.3) is 5.57 Å². The predicted octanol–water partition coefficient (Wildman–Crippen LogP) is 3.49. The SMILES string of the molecule is CC(C)(C)C(=O)OCN1OC=C(c2ccc(F)cc2)C1c1ccncn1. The molecule has 3 rings (SSSR count). The third-order valence-electron chi connectivity index (χ3n) is 3.90. The molecule has 0 spiro atoms. The van der Waals surface area contributed by atoms with Gasteiger partial charge in [-0.25, -0.2) is 14.4 Å². The minimum atomic E-state index is -0.614. The minimum absolute atomic E-state index is 0.0635. The summed E-state index contributed by atoms with van der Waals surface area (Å²) in [5.74, 6) is -0.652. The Kier molecular flexibility index (Phi) is 4.99. The van der Waals surface area contributed by atoms with Gasteiger partial charge >= 0.3 is 5.97 Å². The van der Waals surface area contributed by atoms with Crippen molar-refractivity contribution in [2.45, 2.75) is 26.8 Å². The zero-order chi connectivity index (χ0) is 18.7. The summed E-state index contributed by atoms with van der Waals surface area (Å²) in [7, 11) is 0. The maximum absolute atomic E-state index is 13.3. The molecule has 1 aromatic carbocycles. The van der Waals surface area contributed by atoms with Crippen LogP contribution in [0.1, 0.15) is 38.1 Å². The molecular weight excluding hydrogens is 337 g/mol. The van der Waals surface area contributed by atoms with Gasteiger partial charge in [0.2, 0.25) is 0 Å². The zero-order valence-electron chi connectivity index (χ0n) is 14.8. The van der Waals surface area contributed by atoms with Crippen LogP contribution >= 0.6 is 0 Å². The average Bonchev–Trinajstić information content (AvgIpc) is 3.04. The Balaban J connectivity index is 1.85. The third kappa shape index (κ3) is 3.88. The number of carbonyl (C=O) groups excluding carboxylic acids is 1. The summed E-state index contributed by atoms with van der Waals surface area (Å²) < 4.78 is 18.6. The van der Waals surface area contributed by atoms with Gasteiger partial charge in [0.05, 0.1) is 11.1 Å². The van der Waals surface area contributed by atoms with Crippen molar-refractivity contribution in [1.29, 1.82) is 0 Å². The number of aromatic nitrogens is 2. The molecule has 0 amide bonds. The number of rotatable bonds is 4. The summed E-state index contributed by atoms with van der Waals surface area (Å²) in [5.41, 5.74) is 1.65. The molecule has 0 saturated heterocycles. The van der Waals surface area contributed by atoms with Crippen LogP contribution in [0.2, 0.25) is 0 Å². The second kappa shape index (κ2) is 7.21. The molecule has 7 heteroatoms. The number of hydrogen-bond acceptors (Lipinski definition) is 6. The van der Waals surface area contributed by atoms with Gasteiger partial charge in [0.1, 0.15) is 24.4 Å². The van der Waals surface area contributed by atoms with E-state index in [1.54, 1.807) is 51.4 Å². The van der Waals surface area contributed by atoms with E-state index >= 15 is 0 Å². The van der Waals surface area contributed by atoms with Gasteiger partial charge in [-0.3, -0.25) is 4.79 Å². The predicted molar refractivity (Wildman–Crippen MR) is 92.5 cm³/mol. The van der Waals surface area contributed by atoms with Crippen LogP contribution in [0, 0.1) is 11.2 Å². The topological polar surface area (TPSA) is 64.5 Å². The fourth-order valence-corrected chi connectivity index (χ4v) is 2.49. The highest BCUT2D eigenvalue weighted by molar-refractivity contribution is 5.75. The molecule has 1 aliphatic heterocycles. The number of hydrogen-bond donors (Lipinski definition) is 0. The maximum Gasteiger partial charge on any atom is 0.312 e. The van der Waals surface area contributed by atoms with Crippen molar-refractivity contribution in [1.82, 2.24) is 15.0 Å². The summed E-state index contributed by atoms with van der Waals surface area (Å²) in [6.45, 7) is 5.28. The Morgan fingerprint density at radius 1 is 1.27 bits per heavy atom. The van der Waals surface area contributed by atoms with Gasteiger partial charge in [0.25, 0.3) is 0 Å². The summed E-state index contributed by atoms with van der Waals surface area (Å²) in [5, 5.41) is 1.52. The van der Waals surface area contributed by atoms with Crippen LogP contribution in [0.15, 0.2) is 49.1 Å². The van der Waals surface area contributed by atoms with E-state index in [4.69, 9.17) is 9.57 Å². The van der Waals surface area contributed by atoms with E-state index in [-0.39, 0.29) is 18.5 Å². The molecule has 0 fully saturated rings. The van der Waals surface area contributed by atoms with Crippen molar-refractivity contribution < 1.29 is 18.8 Å². The second-order valence-corrected chi connectivity index (χ2v) is 6.95. The molecule has 0 bridgehead atoms. The standard InChI is InChI=1S/C19H20FN3O3/c1-19(2,3)18(24)25-12-23-17(16-8-9-21-11-22-16)15(10-26-23)13-4-6-14(20)7-5-13/h4-11,17H,12H2,1-3H3. The number of ether oxygens (including phenoxy) is 1. The maximum atomic E-state index is 13.3. The molecule has 6 nitrogen and oxygen atoms in total. The lowest BCUT2D eigenvalue weighted by atomic mass is 9.97. The minimum Gasteiger partial charge on any atom is -0.446 e. The Morgan fingerprint density at radius 3 is 2.62 bits per heavy atom. The van der Waals surface area contributed by atoms with E-state index in [0.717, 1.165) is 11.1 Å². The van der Waals surface area contributed by atoms with E-state index in [1.807, 2.05) is 0 Å². The lowest BCUT2D eigenvalue weighted by Gasteiger charge is -2.25. The van der Waals surface area contributed by atoms with Gasteiger partial charge < -0.3 is 9.57 Å². The van der Waals surface area contributed by atoms with Crippen LogP contribution < -0.4 is 0 Å². The van der Waals surface area contributed by atoms with Crippen LogP contribution in [0.4, 0.5) is 4.39 Å². The Hall–Kier alpha value is -2.80. The largest absolute Gasteiger partial charge is 0.446 e. The first kappa shape index (κ1) is 18.0. The van der Waals surface area contributed by atoms with Gasteiger partial charge in [-0.2, -0.15) is 0 Å². The van der Waals surface area contributed by atoms with Crippen LogP contribution in [0.5, 0.6) is 0 Å². The highest BCUT2D eigenvalue weighted by Gasteiger charge is 2.35. The number of nitrogens with zero attached hydrogens (tertiary/aromatic N) is 3. The van der Waals surface area contributed by atoms with Gasteiger partial charge in [0.15, 0.2) is 6.73 Å². The highest BCUT2D eigenvalue weighted by atomic mass is 19.1. The molecule has 1 atom stereocenters. The fraction of sp³-hybridized carbons (Fsp3) is 0.316. The normalized spacial score (nSPS) is 17.5. The summed E-state index contributed by atoms with van der Waals surface area (Å²) in [4.78, 5) is 25.9. The summed E-state index contributed by atoms with van der Waals surface area (Å²) in [6, 6.07) is 7.46. The Bertz CT molecular complexity index is 801. The van der Waals surface area contributed by atoms with E-state index in [9.17, 15) is 9.18 Å². The first-order valence-electron chi connectivity index (χ1n) is 8.19. The summed E-state index contributed by atoms with van der Waals surface area (Å²) in [6.07, 6.45) is 4.63. The van der Waals surface area contributed by atoms with Gasteiger partial charge in [0, 0.05) is 11.8 Å². The Morgan fingerprint density at radius 2 is 2.00 bits per heavy atom. The number of halogens is 1. The van der Waals surface area contributed by atoms with Crippen LogP contribution in [-0.2, 0) is 14.4 Å². The number of hydroxylamine groups is 2. The first-order valence-corrected chi connectivity index (χ1v) is 8.19. The lowest BCUT2D eigenvalue weighted by molar-refractivity contribution is -0.191. The molecule has 2 aromatic rings. The molecule has 1 aliphatic rings. The fourth-order valence-electron chi connectivity index (χ4n) is 2.49. The van der Waals surface area contributed by atoms with Crippen molar-refractivity contribution in [3.63, 3.8) is 0 Å². The zero-order valence-corrected chi connectivity index (χ0v) is 14.8. The van der Waals surface area contributed by atoms with E-state index in [0.29, 0.717) is 5.69 Å². The number of carbonyl (C=O) groups is 1. The van der Waals surface area contributed by atoms with Crippen LogP contribution in [0.3, 0.4) is 0 Å². The average molecular weight is 357 g/mol. The summed E-state index contributed by atoms with van der Waals surface area (Å²) >= 11 is 0. The van der Waals surface area contributed by atoms with Crippen molar-refractivity contribution >= 4 is 11.5 Å².